The molecular formula is C14H22N4O2S. The summed E-state index contributed by atoms with van der Waals surface area (Å²) in [5.41, 5.74) is 6.62. The van der Waals surface area contributed by atoms with Gasteiger partial charge in [0.1, 0.15) is 0 Å². The predicted molar refractivity (Wildman–Crippen MR) is 83.4 cm³/mol. The van der Waals surface area contributed by atoms with Gasteiger partial charge >= 0.3 is 0 Å². The minimum absolute atomic E-state index is 0.115. The van der Waals surface area contributed by atoms with Crippen molar-refractivity contribution in [3.8, 4) is 0 Å². The molecule has 0 amide bonds. The van der Waals surface area contributed by atoms with Crippen LogP contribution in [0, 0.1) is 0 Å². The molecule has 1 aromatic rings. The van der Waals surface area contributed by atoms with Crippen LogP contribution in [0.3, 0.4) is 0 Å². The number of rotatable bonds is 7. The van der Waals surface area contributed by atoms with Crippen LogP contribution in [-0.2, 0) is 16.6 Å². The van der Waals surface area contributed by atoms with Crippen LogP contribution >= 0.6 is 0 Å². The number of hydrogen-bond acceptors (Lipinski definition) is 3. The summed E-state index contributed by atoms with van der Waals surface area (Å²) in [5.74, 6) is 0.406. The van der Waals surface area contributed by atoms with E-state index in [4.69, 9.17) is 5.73 Å². The summed E-state index contributed by atoms with van der Waals surface area (Å²) in [4.78, 5) is 4.49. The van der Waals surface area contributed by atoms with Crippen LogP contribution in [0.4, 0.5) is 0 Å². The molecule has 0 aromatic heterocycles. The molecule has 6 nitrogen and oxygen atoms in total. The SMILES string of the molecule is CCCNC(N)=NCc1ccc(S(=O)(=O)NC2CC2)cc1. The molecule has 1 saturated carbocycles. The van der Waals surface area contributed by atoms with Crippen molar-refractivity contribution in [2.75, 3.05) is 6.54 Å². The normalized spacial score (nSPS) is 16.0. The lowest BCUT2D eigenvalue weighted by Crippen LogP contribution is -2.32. The zero-order valence-corrected chi connectivity index (χ0v) is 13.0. The van der Waals surface area contributed by atoms with E-state index >= 15 is 0 Å². The third-order valence-corrected chi connectivity index (χ3v) is 4.66. The second kappa shape index (κ2) is 6.91. The fourth-order valence-corrected chi connectivity index (χ4v) is 3.05. The van der Waals surface area contributed by atoms with Gasteiger partial charge in [0.25, 0.3) is 0 Å². The van der Waals surface area contributed by atoms with E-state index in [0.29, 0.717) is 17.4 Å². The number of hydrogen-bond donors (Lipinski definition) is 3. The van der Waals surface area contributed by atoms with Crippen molar-refractivity contribution < 1.29 is 8.42 Å². The molecule has 21 heavy (non-hydrogen) atoms. The Hall–Kier alpha value is -1.60. The van der Waals surface area contributed by atoms with Crippen molar-refractivity contribution in [2.45, 2.75) is 43.7 Å². The molecule has 0 spiro atoms. The van der Waals surface area contributed by atoms with Crippen LogP contribution in [-0.4, -0.2) is 27.0 Å². The number of guanidine groups is 1. The van der Waals surface area contributed by atoms with Crippen LogP contribution < -0.4 is 15.8 Å². The zero-order valence-electron chi connectivity index (χ0n) is 12.2. The molecule has 0 aliphatic heterocycles. The van der Waals surface area contributed by atoms with Gasteiger partial charge in [-0.3, -0.25) is 0 Å². The van der Waals surface area contributed by atoms with Crippen molar-refractivity contribution >= 4 is 16.0 Å². The maximum Gasteiger partial charge on any atom is 0.240 e. The lowest BCUT2D eigenvalue weighted by atomic mass is 10.2. The van der Waals surface area contributed by atoms with E-state index in [0.717, 1.165) is 31.4 Å². The highest BCUT2D eigenvalue weighted by Gasteiger charge is 2.27. The molecule has 0 radical (unpaired) electrons. The van der Waals surface area contributed by atoms with E-state index in [2.05, 4.69) is 22.0 Å². The Morgan fingerprint density at radius 3 is 2.57 bits per heavy atom. The number of nitrogens with one attached hydrogen (secondary N) is 2. The Balaban J connectivity index is 1.95. The van der Waals surface area contributed by atoms with Gasteiger partial charge in [-0.2, -0.15) is 0 Å². The molecule has 1 fully saturated rings. The van der Waals surface area contributed by atoms with Gasteiger partial charge in [-0.1, -0.05) is 19.1 Å². The van der Waals surface area contributed by atoms with E-state index in [1.54, 1.807) is 24.3 Å². The molecule has 0 atom stereocenters. The lowest BCUT2D eigenvalue weighted by Gasteiger charge is -2.06. The van der Waals surface area contributed by atoms with Crippen molar-refractivity contribution in [1.82, 2.24) is 10.0 Å². The molecule has 1 aliphatic carbocycles. The van der Waals surface area contributed by atoms with Gasteiger partial charge in [-0.05, 0) is 37.0 Å². The summed E-state index contributed by atoms with van der Waals surface area (Å²) in [6.45, 7) is 3.27. The first-order valence-electron chi connectivity index (χ1n) is 7.16. The molecule has 1 aromatic carbocycles. The van der Waals surface area contributed by atoms with Crippen molar-refractivity contribution in [3.05, 3.63) is 29.8 Å². The summed E-state index contributed by atoms with van der Waals surface area (Å²) in [6.07, 6.45) is 2.84. The summed E-state index contributed by atoms with van der Waals surface area (Å²) < 4.78 is 26.7. The standard InChI is InChI=1S/C14H22N4O2S/c1-2-9-16-14(15)17-10-11-3-7-13(8-4-11)21(19,20)18-12-5-6-12/h3-4,7-8,12,18H,2,5-6,9-10H2,1H3,(H3,15,16,17). The van der Waals surface area contributed by atoms with Gasteiger partial charge in [-0.15, -0.1) is 0 Å². The van der Waals surface area contributed by atoms with Crippen LogP contribution in [0.1, 0.15) is 31.7 Å². The Labute approximate surface area is 125 Å². The molecule has 0 saturated heterocycles. The van der Waals surface area contributed by atoms with Crippen molar-refractivity contribution in [2.24, 2.45) is 10.7 Å². The van der Waals surface area contributed by atoms with Crippen LogP contribution in [0.5, 0.6) is 0 Å². The molecule has 7 heteroatoms. The Morgan fingerprint density at radius 1 is 1.33 bits per heavy atom. The molecule has 0 heterocycles. The van der Waals surface area contributed by atoms with Crippen LogP contribution in [0.25, 0.3) is 0 Å². The van der Waals surface area contributed by atoms with Crippen LogP contribution in [0.2, 0.25) is 0 Å². The Bertz CT molecular complexity index is 592. The van der Waals surface area contributed by atoms with Gasteiger partial charge in [0.15, 0.2) is 5.96 Å². The number of benzene rings is 1. The first kappa shape index (κ1) is 15.8. The molecule has 1 aliphatic rings. The highest BCUT2D eigenvalue weighted by molar-refractivity contribution is 7.89. The molecule has 0 bridgehead atoms. The fourth-order valence-electron chi connectivity index (χ4n) is 1.75. The quantitative estimate of drug-likeness (QED) is 0.516. The smallest absolute Gasteiger partial charge is 0.240 e. The topological polar surface area (TPSA) is 96.6 Å². The van der Waals surface area contributed by atoms with Gasteiger partial charge < -0.3 is 11.1 Å². The highest BCUT2D eigenvalue weighted by atomic mass is 32.2. The van der Waals surface area contributed by atoms with E-state index in [-0.39, 0.29) is 6.04 Å². The fraction of sp³-hybridized carbons (Fsp3) is 0.500. The Morgan fingerprint density at radius 2 is 2.00 bits per heavy atom. The number of nitrogens with two attached hydrogens (primary N) is 1. The largest absolute Gasteiger partial charge is 0.370 e. The first-order chi connectivity index (χ1) is 10.0. The number of sulfonamides is 1. The zero-order chi connectivity index (χ0) is 15.3. The first-order valence-corrected chi connectivity index (χ1v) is 8.64. The van der Waals surface area contributed by atoms with E-state index in [1.165, 1.54) is 0 Å². The average molecular weight is 310 g/mol. The van der Waals surface area contributed by atoms with Gasteiger partial charge in [-0.25, -0.2) is 18.1 Å². The number of nitrogens with zero attached hydrogens (tertiary/aromatic N) is 1. The van der Waals surface area contributed by atoms with Gasteiger partial charge in [0.05, 0.1) is 11.4 Å². The lowest BCUT2D eigenvalue weighted by molar-refractivity contribution is 0.581. The van der Waals surface area contributed by atoms with E-state index in [9.17, 15) is 8.42 Å². The van der Waals surface area contributed by atoms with E-state index in [1.807, 2.05) is 0 Å². The van der Waals surface area contributed by atoms with E-state index < -0.39 is 10.0 Å². The number of aliphatic imine (C=N–C) groups is 1. The summed E-state index contributed by atoms with van der Waals surface area (Å²) in [5, 5.41) is 2.99. The van der Waals surface area contributed by atoms with Gasteiger partial charge in [0.2, 0.25) is 10.0 Å². The summed E-state index contributed by atoms with van der Waals surface area (Å²) in [6, 6.07) is 6.84. The second-order valence-corrected chi connectivity index (χ2v) is 6.88. The van der Waals surface area contributed by atoms with Crippen molar-refractivity contribution in [3.63, 3.8) is 0 Å². The van der Waals surface area contributed by atoms with Gasteiger partial charge in [0, 0.05) is 12.6 Å². The Kier molecular flexibility index (Phi) is 5.19. The van der Waals surface area contributed by atoms with Crippen LogP contribution in [0.15, 0.2) is 34.2 Å². The molecule has 4 N–H and O–H groups in total. The molecule has 0 unspecified atom stereocenters. The monoisotopic (exact) mass is 310 g/mol. The molecule has 2 rings (SSSR count). The molecule has 116 valence electrons. The maximum absolute atomic E-state index is 12.0. The third kappa shape index (κ3) is 5.02. The third-order valence-electron chi connectivity index (χ3n) is 3.12. The minimum atomic E-state index is -3.38. The summed E-state index contributed by atoms with van der Waals surface area (Å²) >= 11 is 0. The minimum Gasteiger partial charge on any atom is -0.370 e. The predicted octanol–water partition coefficient (Wildman–Crippen LogP) is 0.942. The maximum atomic E-state index is 12.0. The van der Waals surface area contributed by atoms with Crippen molar-refractivity contribution in [1.29, 1.82) is 0 Å². The summed E-state index contributed by atoms with van der Waals surface area (Å²) in [7, 11) is -3.38. The highest BCUT2D eigenvalue weighted by Crippen LogP contribution is 2.22. The second-order valence-electron chi connectivity index (χ2n) is 5.17. The molecular weight excluding hydrogens is 288 g/mol. The average Bonchev–Trinajstić information content (AvgIpc) is 3.26.